The Morgan fingerprint density at radius 2 is 1.26 bits per heavy atom. The Kier molecular flexibility index (Phi) is 6.44. The van der Waals surface area contributed by atoms with Gasteiger partial charge in [-0.3, -0.25) is 4.90 Å². The minimum atomic E-state index is -0.474. The van der Waals surface area contributed by atoms with Crippen molar-refractivity contribution in [3.8, 4) is 0 Å². The maximum absolute atomic E-state index is 11.8. The van der Waals surface area contributed by atoms with E-state index in [9.17, 15) is 4.79 Å². The molecular weight excluding hydrogens is 468 g/mol. The molecule has 3 aliphatic rings. The number of primary amides is 1. The van der Waals surface area contributed by atoms with Gasteiger partial charge in [0, 0.05) is 25.3 Å². The van der Waals surface area contributed by atoms with E-state index in [1.165, 1.54) is 22.4 Å². The molecule has 0 bridgehead atoms. The van der Waals surface area contributed by atoms with Gasteiger partial charge < -0.3 is 15.5 Å². The lowest BCUT2D eigenvalue weighted by atomic mass is 9.96. The summed E-state index contributed by atoms with van der Waals surface area (Å²) in [5.74, 6) is 0. The third-order valence-corrected chi connectivity index (χ3v) is 7.70. The molecule has 1 atom stereocenters. The van der Waals surface area contributed by atoms with Crippen molar-refractivity contribution in [2.24, 2.45) is 5.73 Å². The van der Waals surface area contributed by atoms with Crippen molar-refractivity contribution in [2.45, 2.75) is 12.5 Å². The minimum absolute atomic E-state index is 0.474. The molecule has 1 fully saturated rings. The van der Waals surface area contributed by atoms with Crippen molar-refractivity contribution in [1.29, 1.82) is 0 Å². The van der Waals surface area contributed by atoms with E-state index in [1.807, 2.05) is 60.7 Å². The summed E-state index contributed by atoms with van der Waals surface area (Å²) in [5, 5.41) is 0. The number of hydrogen-bond acceptors (Lipinski definition) is 3. The fourth-order valence-electron chi connectivity index (χ4n) is 5.85. The van der Waals surface area contributed by atoms with Crippen LogP contribution >= 0.6 is 0 Å². The highest BCUT2D eigenvalue weighted by molar-refractivity contribution is 6.04. The van der Waals surface area contributed by atoms with Crippen molar-refractivity contribution in [3.63, 3.8) is 0 Å². The third-order valence-electron chi connectivity index (χ3n) is 7.70. The third kappa shape index (κ3) is 4.46. The number of likely N-dealkylation sites (N-methyl/N-ethyl adjacent to an activating group) is 1. The van der Waals surface area contributed by atoms with Crippen molar-refractivity contribution in [2.75, 3.05) is 36.5 Å². The molecule has 0 aliphatic carbocycles. The van der Waals surface area contributed by atoms with Gasteiger partial charge in [0.25, 0.3) is 0 Å². The number of urea groups is 1. The molecule has 0 radical (unpaired) electrons. The van der Waals surface area contributed by atoms with E-state index in [0.29, 0.717) is 6.04 Å². The molecule has 5 nitrogen and oxygen atoms in total. The second-order valence-corrected chi connectivity index (χ2v) is 10.1. The van der Waals surface area contributed by atoms with E-state index in [-0.39, 0.29) is 0 Å². The molecule has 3 aliphatic heterocycles. The lowest BCUT2D eigenvalue weighted by molar-refractivity contribution is 0.256. The zero-order valence-corrected chi connectivity index (χ0v) is 21.6. The van der Waals surface area contributed by atoms with Crippen LogP contribution in [0.25, 0.3) is 12.2 Å². The van der Waals surface area contributed by atoms with Gasteiger partial charge in [-0.25, -0.2) is 4.79 Å². The monoisotopic (exact) mass is 500 g/mol. The average molecular weight is 501 g/mol. The summed E-state index contributed by atoms with van der Waals surface area (Å²) >= 11 is 0. The van der Waals surface area contributed by atoms with Crippen molar-refractivity contribution >= 4 is 35.2 Å². The fraction of sp³-hybridized carbons (Fsp3) is 0.182. The lowest BCUT2D eigenvalue weighted by Crippen LogP contribution is -2.46. The average Bonchev–Trinajstić information content (AvgIpc) is 3.19. The maximum Gasteiger partial charge on any atom is 0.323 e. The Morgan fingerprint density at radius 3 is 1.92 bits per heavy atom. The van der Waals surface area contributed by atoms with Crippen LogP contribution in [0.1, 0.15) is 33.9 Å². The van der Waals surface area contributed by atoms with Crippen LogP contribution < -0.4 is 15.5 Å². The first-order valence-corrected chi connectivity index (χ1v) is 13.2. The quantitative estimate of drug-likeness (QED) is 0.301. The van der Waals surface area contributed by atoms with Crippen molar-refractivity contribution < 1.29 is 4.79 Å². The summed E-state index contributed by atoms with van der Waals surface area (Å²) in [6, 6.07) is 33.3. The second-order valence-electron chi connectivity index (χ2n) is 10.1. The number of anilines is 3. The van der Waals surface area contributed by atoms with Gasteiger partial charge in [0.2, 0.25) is 0 Å². The summed E-state index contributed by atoms with van der Waals surface area (Å²) in [6.07, 6.45) is 5.05. The summed E-state index contributed by atoms with van der Waals surface area (Å²) in [4.78, 5) is 18.4. The first-order chi connectivity index (χ1) is 18.6. The molecule has 4 aromatic rings. The number of carbonyl (C=O) groups excluding carboxylic acids is 1. The number of benzene rings is 4. The molecule has 0 saturated carbocycles. The molecule has 7 rings (SSSR count). The zero-order valence-electron chi connectivity index (χ0n) is 21.6. The predicted molar refractivity (Wildman–Crippen MR) is 157 cm³/mol. The van der Waals surface area contributed by atoms with Crippen LogP contribution in [-0.4, -0.2) is 37.6 Å². The number of para-hydroxylation sites is 3. The molecule has 1 unspecified atom stereocenters. The van der Waals surface area contributed by atoms with Gasteiger partial charge in [0.05, 0.1) is 17.4 Å². The second kappa shape index (κ2) is 10.2. The Hall–Kier alpha value is -4.35. The van der Waals surface area contributed by atoms with E-state index < -0.39 is 6.03 Å². The Bertz CT molecular complexity index is 1460. The van der Waals surface area contributed by atoms with Crippen molar-refractivity contribution in [3.05, 3.63) is 125 Å². The Labute approximate surface area is 224 Å². The van der Waals surface area contributed by atoms with E-state index in [1.54, 1.807) is 4.90 Å². The number of carbonyl (C=O) groups is 1. The standard InChI is InChI=1S/C18H20N2.C15H12N2O/c1-19-10-11-20-17-9-5-3-7-15(17)12-14-6-2-4-8-16(14)18(20)13-19;16-15(18)17-13-7-3-1-5-11(13)9-10-12-6-2-4-8-14(12)17/h2-9,18H,10-13H2,1H3;1-10H,(H2,16,18). The number of nitrogens with zero attached hydrogens (tertiary/aromatic N) is 3. The van der Waals surface area contributed by atoms with Gasteiger partial charge in [-0.05, 0) is 59.5 Å². The van der Waals surface area contributed by atoms with E-state index in [2.05, 4.69) is 65.4 Å². The van der Waals surface area contributed by atoms with Crippen LogP contribution in [0.15, 0.2) is 97.1 Å². The topological polar surface area (TPSA) is 52.8 Å². The van der Waals surface area contributed by atoms with E-state index >= 15 is 0 Å². The maximum atomic E-state index is 11.8. The number of hydrogen-bond donors (Lipinski definition) is 1. The van der Waals surface area contributed by atoms with E-state index in [0.717, 1.165) is 48.6 Å². The molecule has 2 amide bonds. The molecule has 0 aromatic heterocycles. The van der Waals surface area contributed by atoms with Crippen LogP contribution in [0.2, 0.25) is 0 Å². The summed E-state index contributed by atoms with van der Waals surface area (Å²) in [6.45, 7) is 3.38. The van der Waals surface area contributed by atoms with E-state index in [4.69, 9.17) is 5.73 Å². The smallest absolute Gasteiger partial charge is 0.323 e. The minimum Gasteiger partial charge on any atom is -0.362 e. The Balaban J connectivity index is 0.000000140. The van der Waals surface area contributed by atoms with Gasteiger partial charge in [-0.15, -0.1) is 0 Å². The number of piperazine rings is 1. The summed E-state index contributed by atoms with van der Waals surface area (Å²) in [5.41, 5.74) is 15.0. The largest absolute Gasteiger partial charge is 0.362 e. The predicted octanol–water partition coefficient (Wildman–Crippen LogP) is 6.47. The van der Waals surface area contributed by atoms with Crippen LogP contribution in [0.3, 0.4) is 0 Å². The summed E-state index contributed by atoms with van der Waals surface area (Å²) in [7, 11) is 2.23. The van der Waals surface area contributed by atoms with Crippen LogP contribution in [0, 0.1) is 0 Å². The number of fused-ring (bicyclic) bond motifs is 7. The first-order valence-electron chi connectivity index (χ1n) is 13.2. The molecule has 4 aromatic carbocycles. The molecule has 0 spiro atoms. The number of nitrogens with two attached hydrogens (primary N) is 1. The molecule has 5 heteroatoms. The number of amides is 2. The SMILES string of the molecule is CN1CCN2c3ccccc3Cc3ccccc3C2C1.NC(=O)N1c2ccccc2C=Cc2ccccc21. The molecule has 1 saturated heterocycles. The molecule has 190 valence electrons. The van der Waals surface area contributed by atoms with Crippen LogP contribution in [0.4, 0.5) is 21.9 Å². The highest BCUT2D eigenvalue weighted by Gasteiger charge is 2.31. The zero-order chi connectivity index (χ0) is 26.1. The van der Waals surface area contributed by atoms with Gasteiger partial charge in [-0.2, -0.15) is 0 Å². The van der Waals surface area contributed by atoms with Crippen molar-refractivity contribution in [1.82, 2.24) is 4.90 Å². The lowest BCUT2D eigenvalue weighted by Gasteiger charge is -2.41. The summed E-state index contributed by atoms with van der Waals surface area (Å²) < 4.78 is 0. The van der Waals surface area contributed by atoms with Gasteiger partial charge >= 0.3 is 6.03 Å². The molecule has 2 N–H and O–H groups in total. The fourth-order valence-corrected chi connectivity index (χ4v) is 5.85. The highest BCUT2D eigenvalue weighted by atomic mass is 16.2. The first kappa shape index (κ1) is 24.0. The van der Waals surface area contributed by atoms with Gasteiger partial charge in [-0.1, -0.05) is 91.0 Å². The van der Waals surface area contributed by atoms with Gasteiger partial charge in [0.15, 0.2) is 0 Å². The molecular formula is C33H32N4O. The highest BCUT2D eigenvalue weighted by Crippen LogP contribution is 2.39. The number of rotatable bonds is 0. The van der Waals surface area contributed by atoms with Crippen LogP contribution in [-0.2, 0) is 6.42 Å². The van der Waals surface area contributed by atoms with Gasteiger partial charge in [0.1, 0.15) is 0 Å². The van der Waals surface area contributed by atoms with Crippen LogP contribution in [0.5, 0.6) is 0 Å². The normalized spacial score (nSPS) is 17.3. The molecule has 38 heavy (non-hydrogen) atoms. The Morgan fingerprint density at radius 1 is 0.711 bits per heavy atom. The molecule has 3 heterocycles.